The van der Waals surface area contributed by atoms with Crippen LogP contribution in [0.4, 0.5) is 0 Å². The highest BCUT2D eigenvalue weighted by Gasteiger charge is 2.01. The average Bonchev–Trinajstić information content (AvgIpc) is 2.21. The Balaban J connectivity index is 2.40. The van der Waals surface area contributed by atoms with Gasteiger partial charge in [-0.3, -0.25) is 5.21 Å². The van der Waals surface area contributed by atoms with Gasteiger partial charge in [0.15, 0.2) is 0 Å². The second-order valence-electron chi connectivity index (χ2n) is 2.99. The van der Waals surface area contributed by atoms with Crippen molar-refractivity contribution in [3.05, 3.63) is 42.7 Å². The molecule has 0 amide bonds. The smallest absolute Gasteiger partial charge is 0.222 e. The van der Waals surface area contributed by atoms with Gasteiger partial charge in [-0.15, -0.1) is 0 Å². The van der Waals surface area contributed by atoms with E-state index in [-0.39, 0.29) is 0 Å². The van der Waals surface area contributed by atoms with Gasteiger partial charge in [0, 0.05) is 34.8 Å². The third-order valence-electron chi connectivity index (χ3n) is 1.93. The van der Waals surface area contributed by atoms with Crippen LogP contribution in [-0.2, 0) is 0 Å². The number of pyridine rings is 1. The summed E-state index contributed by atoms with van der Waals surface area (Å²) in [6.45, 7) is 1.84. The quantitative estimate of drug-likeness (QED) is 0.536. The van der Waals surface area contributed by atoms with Crippen molar-refractivity contribution in [2.24, 2.45) is 0 Å². The van der Waals surface area contributed by atoms with Crippen molar-refractivity contribution in [1.82, 2.24) is 9.97 Å². The molecule has 0 radical (unpaired) electrons. The Hall–Kier alpha value is -1.97. The number of hydrogen-bond acceptors (Lipinski definition) is 3. The lowest BCUT2D eigenvalue weighted by atomic mass is 10.1. The number of aromatic nitrogens is 3. The summed E-state index contributed by atoms with van der Waals surface area (Å²) in [6, 6.07) is 3.60. The molecule has 0 bridgehead atoms. The normalized spacial score (nSPS) is 10.1. The van der Waals surface area contributed by atoms with Gasteiger partial charge >= 0.3 is 0 Å². The van der Waals surface area contributed by atoms with Gasteiger partial charge in [-0.25, -0.2) is 9.97 Å². The van der Waals surface area contributed by atoms with Gasteiger partial charge < -0.3 is 0 Å². The summed E-state index contributed by atoms with van der Waals surface area (Å²) in [4.78, 5) is 8.20. The van der Waals surface area contributed by atoms with Crippen LogP contribution in [0.5, 0.6) is 0 Å². The Bertz CT molecular complexity index is 379. The molecule has 0 saturated carbocycles. The molecule has 14 heavy (non-hydrogen) atoms. The molecule has 0 spiro atoms. The fourth-order valence-corrected chi connectivity index (χ4v) is 1.15. The standard InChI is InChI=1S/C10H10N3O/c1-8-11-6-10(7-12-8)9-2-4-13(14)5-3-9/h2-7,14H,1H3/q+1. The van der Waals surface area contributed by atoms with Crippen LogP contribution in [0.25, 0.3) is 11.1 Å². The fourth-order valence-electron chi connectivity index (χ4n) is 1.15. The van der Waals surface area contributed by atoms with Gasteiger partial charge in [0.2, 0.25) is 12.4 Å². The Labute approximate surface area is 81.5 Å². The van der Waals surface area contributed by atoms with Gasteiger partial charge in [0.05, 0.1) is 0 Å². The minimum absolute atomic E-state index is 0.752. The van der Waals surface area contributed by atoms with Crippen LogP contribution in [0.3, 0.4) is 0 Å². The van der Waals surface area contributed by atoms with Crippen LogP contribution in [0.1, 0.15) is 5.82 Å². The first-order valence-electron chi connectivity index (χ1n) is 4.25. The zero-order chi connectivity index (χ0) is 9.97. The van der Waals surface area contributed by atoms with Gasteiger partial charge in [-0.1, -0.05) is 0 Å². The highest BCUT2D eigenvalue weighted by molar-refractivity contribution is 5.59. The first-order chi connectivity index (χ1) is 6.75. The molecular weight excluding hydrogens is 178 g/mol. The highest BCUT2D eigenvalue weighted by Crippen LogP contribution is 2.14. The SMILES string of the molecule is Cc1ncc(-c2cc[n+](O)cc2)cn1. The van der Waals surface area contributed by atoms with E-state index in [1.807, 2.05) is 6.92 Å². The topological polar surface area (TPSA) is 49.9 Å². The van der Waals surface area contributed by atoms with Crippen LogP contribution in [-0.4, -0.2) is 15.2 Å². The highest BCUT2D eigenvalue weighted by atomic mass is 16.5. The number of rotatable bonds is 1. The Morgan fingerprint density at radius 1 is 1.07 bits per heavy atom. The maximum Gasteiger partial charge on any atom is 0.222 e. The average molecular weight is 188 g/mol. The van der Waals surface area contributed by atoms with Crippen LogP contribution in [0.15, 0.2) is 36.9 Å². The van der Waals surface area contributed by atoms with Crippen molar-refractivity contribution in [3.8, 4) is 11.1 Å². The van der Waals surface area contributed by atoms with E-state index in [4.69, 9.17) is 5.21 Å². The zero-order valence-corrected chi connectivity index (χ0v) is 7.75. The fraction of sp³-hybridized carbons (Fsp3) is 0.100. The van der Waals surface area contributed by atoms with Crippen molar-refractivity contribution >= 4 is 0 Å². The van der Waals surface area contributed by atoms with E-state index in [1.165, 1.54) is 0 Å². The maximum atomic E-state index is 9.03. The van der Waals surface area contributed by atoms with E-state index >= 15 is 0 Å². The van der Waals surface area contributed by atoms with E-state index < -0.39 is 0 Å². The molecule has 0 aliphatic heterocycles. The molecule has 2 aromatic heterocycles. The molecule has 2 aromatic rings. The molecule has 0 aliphatic carbocycles. The first-order valence-corrected chi connectivity index (χ1v) is 4.25. The molecular formula is C10H10N3O+. The van der Waals surface area contributed by atoms with Crippen LogP contribution >= 0.6 is 0 Å². The van der Waals surface area contributed by atoms with E-state index in [0.717, 1.165) is 21.7 Å². The lowest BCUT2D eigenvalue weighted by Gasteiger charge is -1.97. The second-order valence-corrected chi connectivity index (χ2v) is 2.99. The number of aryl methyl sites for hydroxylation is 1. The van der Waals surface area contributed by atoms with Crippen LogP contribution in [0, 0.1) is 6.92 Å². The summed E-state index contributed by atoms with van der Waals surface area (Å²) >= 11 is 0. The van der Waals surface area contributed by atoms with Gasteiger partial charge in [0.25, 0.3) is 0 Å². The molecule has 70 valence electrons. The van der Waals surface area contributed by atoms with Gasteiger partial charge in [-0.05, 0) is 12.5 Å². The minimum atomic E-state index is 0.752. The van der Waals surface area contributed by atoms with Crippen LogP contribution < -0.4 is 4.73 Å². The van der Waals surface area contributed by atoms with E-state index in [2.05, 4.69) is 9.97 Å². The van der Waals surface area contributed by atoms with Crippen LogP contribution in [0.2, 0.25) is 0 Å². The molecule has 4 nitrogen and oxygen atoms in total. The van der Waals surface area contributed by atoms with Crippen molar-refractivity contribution in [2.75, 3.05) is 0 Å². The number of nitrogens with zero attached hydrogens (tertiary/aromatic N) is 3. The Kier molecular flexibility index (Phi) is 2.10. The number of hydrogen-bond donors (Lipinski definition) is 1. The van der Waals surface area contributed by atoms with Crippen molar-refractivity contribution in [3.63, 3.8) is 0 Å². The van der Waals surface area contributed by atoms with Gasteiger partial charge in [0.1, 0.15) is 5.82 Å². The maximum absolute atomic E-state index is 9.03. The zero-order valence-electron chi connectivity index (χ0n) is 7.75. The summed E-state index contributed by atoms with van der Waals surface area (Å²) in [7, 11) is 0. The van der Waals surface area contributed by atoms with E-state index in [9.17, 15) is 0 Å². The summed E-state index contributed by atoms with van der Waals surface area (Å²) < 4.78 is 0.999. The van der Waals surface area contributed by atoms with Crippen molar-refractivity contribution in [2.45, 2.75) is 6.92 Å². The third-order valence-corrected chi connectivity index (χ3v) is 1.93. The van der Waals surface area contributed by atoms with E-state index in [1.54, 1.807) is 36.9 Å². The molecule has 4 heteroatoms. The summed E-state index contributed by atoms with van der Waals surface area (Å²) in [5, 5.41) is 9.03. The minimum Gasteiger partial charge on any atom is -0.285 e. The summed E-state index contributed by atoms with van der Waals surface area (Å²) in [6.07, 6.45) is 6.66. The molecule has 0 aliphatic rings. The summed E-state index contributed by atoms with van der Waals surface area (Å²) in [5.41, 5.74) is 1.92. The lowest BCUT2D eigenvalue weighted by Crippen LogP contribution is -2.27. The molecule has 0 aromatic carbocycles. The van der Waals surface area contributed by atoms with Gasteiger partial charge in [-0.2, -0.15) is 0 Å². The molecule has 2 rings (SSSR count). The van der Waals surface area contributed by atoms with E-state index in [0.29, 0.717) is 0 Å². The Morgan fingerprint density at radius 2 is 1.64 bits per heavy atom. The largest absolute Gasteiger partial charge is 0.285 e. The Morgan fingerprint density at radius 3 is 2.21 bits per heavy atom. The second kappa shape index (κ2) is 3.41. The molecule has 0 unspecified atom stereocenters. The summed E-state index contributed by atoms with van der Waals surface area (Å²) in [5.74, 6) is 0.752. The van der Waals surface area contributed by atoms with Crippen molar-refractivity contribution in [1.29, 1.82) is 0 Å². The predicted molar refractivity (Wildman–Crippen MR) is 49.6 cm³/mol. The third kappa shape index (κ3) is 1.69. The lowest BCUT2D eigenvalue weighted by molar-refractivity contribution is -0.904. The molecule has 0 atom stereocenters. The predicted octanol–water partition coefficient (Wildman–Crippen LogP) is 0.977. The van der Waals surface area contributed by atoms with Crippen molar-refractivity contribution < 1.29 is 9.94 Å². The molecule has 0 fully saturated rings. The first kappa shape index (κ1) is 8.62. The molecule has 2 heterocycles. The molecule has 0 saturated heterocycles. The molecule has 1 N–H and O–H groups in total. The monoisotopic (exact) mass is 188 g/mol.